The van der Waals surface area contributed by atoms with E-state index in [1.165, 1.54) is 20.4 Å². The van der Waals surface area contributed by atoms with Gasteiger partial charge in [0.25, 0.3) is 0 Å². The quantitative estimate of drug-likeness (QED) is 0.173. The minimum absolute atomic E-state index is 0.0268. The molecule has 1 aliphatic rings. The molecule has 0 saturated heterocycles. The zero-order chi connectivity index (χ0) is 29.7. The van der Waals surface area contributed by atoms with Crippen molar-refractivity contribution in [3.63, 3.8) is 0 Å². The van der Waals surface area contributed by atoms with E-state index in [-0.39, 0.29) is 17.2 Å². The summed E-state index contributed by atoms with van der Waals surface area (Å²) in [5, 5.41) is 9.63. The molecule has 2 aromatic rings. The Bertz CT molecular complexity index is 1250. The molecule has 218 valence electrons. The SMILES string of the molecule is COCCOc1cc([N+]2(C(N)=O)CCCc3cc(CO[Si](C)(C)C(C)(C)C)c(C(OC)OC)nc32)ncc1C#N. The summed E-state index contributed by atoms with van der Waals surface area (Å²) in [5.74, 6) is 1.06. The van der Waals surface area contributed by atoms with Crippen LogP contribution in [0.5, 0.6) is 5.75 Å². The van der Waals surface area contributed by atoms with Crippen LogP contribution in [0, 0.1) is 11.3 Å². The average molecular weight is 573 g/mol. The molecule has 0 bridgehead atoms. The highest BCUT2D eigenvalue weighted by Gasteiger charge is 2.48. The number of amides is 2. The third-order valence-electron chi connectivity index (χ3n) is 7.82. The second kappa shape index (κ2) is 12.7. The van der Waals surface area contributed by atoms with E-state index < -0.39 is 25.1 Å². The van der Waals surface area contributed by atoms with Gasteiger partial charge in [0.2, 0.25) is 17.9 Å². The van der Waals surface area contributed by atoms with Crippen LogP contribution in [0.4, 0.5) is 16.4 Å². The normalized spacial score (nSPS) is 17.4. The maximum Gasteiger partial charge on any atom is 0.426 e. The topological polar surface area (TPSA) is 139 Å². The van der Waals surface area contributed by atoms with Crippen LogP contribution in [0.1, 0.15) is 55.9 Å². The summed E-state index contributed by atoms with van der Waals surface area (Å²) in [6.07, 6.45) is 1.96. The number of carbonyl (C=O) groups is 1. The van der Waals surface area contributed by atoms with Gasteiger partial charge in [-0.2, -0.15) is 10.2 Å². The van der Waals surface area contributed by atoms with Gasteiger partial charge < -0.3 is 29.1 Å². The third kappa shape index (κ3) is 6.20. The minimum Gasteiger partial charge on any atom is -0.489 e. The number of rotatable bonds is 11. The lowest BCUT2D eigenvalue weighted by molar-refractivity contribution is -0.109. The van der Waals surface area contributed by atoms with Crippen molar-refractivity contribution in [1.29, 1.82) is 5.26 Å². The van der Waals surface area contributed by atoms with Gasteiger partial charge in [-0.25, -0.2) is 9.78 Å². The molecule has 1 atom stereocenters. The van der Waals surface area contributed by atoms with Crippen LogP contribution in [0.25, 0.3) is 0 Å². The Morgan fingerprint density at radius 3 is 2.48 bits per heavy atom. The lowest BCUT2D eigenvalue weighted by atomic mass is 9.99. The van der Waals surface area contributed by atoms with Gasteiger partial charge >= 0.3 is 6.03 Å². The lowest BCUT2D eigenvalue weighted by Crippen LogP contribution is -2.56. The Labute approximate surface area is 237 Å². The number of nitriles is 1. The second-order valence-electron chi connectivity index (χ2n) is 11.3. The van der Waals surface area contributed by atoms with Crippen molar-refractivity contribution < 1.29 is 28.2 Å². The van der Waals surface area contributed by atoms with Crippen molar-refractivity contribution in [3.8, 4) is 11.8 Å². The zero-order valence-electron chi connectivity index (χ0n) is 24.9. The van der Waals surface area contributed by atoms with Gasteiger partial charge in [-0.15, -0.1) is 4.48 Å². The summed E-state index contributed by atoms with van der Waals surface area (Å²) in [4.78, 5) is 22.9. The van der Waals surface area contributed by atoms with Gasteiger partial charge in [0.1, 0.15) is 36.2 Å². The highest BCUT2D eigenvalue weighted by Crippen LogP contribution is 2.43. The third-order valence-corrected chi connectivity index (χ3v) is 12.3. The lowest BCUT2D eigenvalue weighted by Gasteiger charge is -2.37. The number of pyridine rings is 2. The first-order valence-corrected chi connectivity index (χ1v) is 16.2. The molecule has 2 amide bonds. The maximum atomic E-state index is 13.3. The van der Waals surface area contributed by atoms with Gasteiger partial charge in [-0.3, -0.25) is 0 Å². The molecule has 3 rings (SSSR count). The number of nitrogens with two attached hydrogens (primary N) is 1. The number of ether oxygens (including phenoxy) is 4. The van der Waals surface area contributed by atoms with Gasteiger partial charge in [0, 0.05) is 38.9 Å². The van der Waals surface area contributed by atoms with E-state index in [0.717, 1.165) is 11.1 Å². The Kier molecular flexibility index (Phi) is 10.0. The van der Waals surface area contributed by atoms with E-state index in [9.17, 15) is 10.1 Å². The molecule has 3 heterocycles. The molecule has 2 aromatic heterocycles. The Balaban J connectivity index is 2.20. The fourth-order valence-corrected chi connectivity index (χ4v) is 5.42. The number of hydrogen-bond acceptors (Lipinski definition) is 9. The summed E-state index contributed by atoms with van der Waals surface area (Å²) in [5.41, 5.74) is 8.58. The van der Waals surface area contributed by atoms with E-state index in [0.29, 0.717) is 55.7 Å². The summed E-state index contributed by atoms with van der Waals surface area (Å²) < 4.78 is 28.2. The highest BCUT2D eigenvalue weighted by molar-refractivity contribution is 6.74. The number of nitrogens with zero attached hydrogens (tertiary/aromatic N) is 4. The molecule has 1 aliphatic heterocycles. The molecule has 11 nitrogen and oxygen atoms in total. The van der Waals surface area contributed by atoms with Crippen LogP contribution in [0.3, 0.4) is 0 Å². The van der Waals surface area contributed by atoms with Gasteiger partial charge in [0.05, 0.1) is 25.5 Å². The fourth-order valence-electron chi connectivity index (χ4n) is 4.47. The van der Waals surface area contributed by atoms with Crippen LogP contribution in [-0.2, 0) is 31.7 Å². The van der Waals surface area contributed by atoms with E-state index in [4.69, 9.17) is 34.1 Å². The molecule has 2 N–H and O–H groups in total. The standard InChI is InChI=1S/C28H41N5O6Si/c1-28(2,3)40(7,8)39-18-20-14-19-10-9-11-33(27(30)34,25(19)32-24(20)26(36-5)37-6)23-15-22(38-13-12-35-4)21(16-29)17-31-23/h14-15,17,26H,9-13,18H2,1-8H3,(H-,30,34)/p+1. The van der Waals surface area contributed by atoms with Crippen LogP contribution < -0.4 is 15.0 Å². The van der Waals surface area contributed by atoms with Crippen LogP contribution in [-0.4, -0.2) is 65.4 Å². The smallest absolute Gasteiger partial charge is 0.426 e. The number of carbonyl (C=O) groups excluding carboxylic acids is 1. The zero-order valence-corrected chi connectivity index (χ0v) is 25.9. The number of methoxy groups -OCH3 is 3. The highest BCUT2D eigenvalue weighted by atomic mass is 28.4. The van der Waals surface area contributed by atoms with Crippen LogP contribution in [0.2, 0.25) is 18.1 Å². The molecule has 1 unspecified atom stereocenters. The molecular formula is C28H42N5O6Si+. The Hall–Kier alpha value is -2.92. The van der Waals surface area contributed by atoms with Gasteiger partial charge in [0.15, 0.2) is 8.32 Å². The molecule has 0 saturated carbocycles. The molecular weight excluding hydrogens is 530 g/mol. The molecule has 0 aromatic carbocycles. The van der Waals surface area contributed by atoms with Crippen molar-refractivity contribution in [2.45, 2.75) is 64.6 Å². The Morgan fingerprint density at radius 2 is 1.90 bits per heavy atom. The number of primary amides is 1. The first kappa shape index (κ1) is 31.6. The van der Waals surface area contributed by atoms with Crippen molar-refractivity contribution in [3.05, 3.63) is 40.7 Å². The van der Waals surface area contributed by atoms with Crippen molar-refractivity contribution in [2.75, 3.05) is 41.1 Å². The molecule has 0 radical (unpaired) electrons. The average Bonchev–Trinajstić information content (AvgIpc) is 2.91. The number of aryl methyl sites for hydroxylation is 1. The van der Waals surface area contributed by atoms with Crippen molar-refractivity contribution in [2.24, 2.45) is 5.73 Å². The predicted octanol–water partition coefficient (Wildman–Crippen LogP) is 4.85. The molecule has 0 aliphatic carbocycles. The van der Waals surface area contributed by atoms with E-state index in [1.54, 1.807) is 13.2 Å². The molecule has 40 heavy (non-hydrogen) atoms. The summed E-state index contributed by atoms with van der Waals surface area (Å²) in [7, 11) is 2.56. The van der Waals surface area contributed by atoms with Crippen molar-refractivity contribution in [1.82, 2.24) is 14.5 Å². The van der Waals surface area contributed by atoms with E-state index in [2.05, 4.69) is 44.9 Å². The van der Waals surface area contributed by atoms with Crippen LogP contribution >= 0.6 is 0 Å². The summed E-state index contributed by atoms with van der Waals surface area (Å²) >= 11 is 0. The summed E-state index contributed by atoms with van der Waals surface area (Å²) in [6.45, 7) is 12.2. The first-order chi connectivity index (χ1) is 18.9. The largest absolute Gasteiger partial charge is 0.489 e. The van der Waals surface area contributed by atoms with Gasteiger partial charge in [-0.05, 0) is 30.6 Å². The number of quaternary nitrogens is 1. The summed E-state index contributed by atoms with van der Waals surface area (Å²) in [6, 6.07) is 5.05. The number of hydrogen-bond donors (Lipinski definition) is 1. The number of fused-ring (bicyclic) bond motifs is 1. The molecule has 12 heteroatoms. The molecule has 0 spiro atoms. The van der Waals surface area contributed by atoms with Crippen molar-refractivity contribution >= 4 is 26.0 Å². The monoisotopic (exact) mass is 572 g/mol. The van der Waals surface area contributed by atoms with Gasteiger partial charge in [-0.1, -0.05) is 20.8 Å². The Morgan fingerprint density at radius 1 is 1.20 bits per heavy atom. The van der Waals surface area contributed by atoms with E-state index in [1.807, 2.05) is 6.07 Å². The number of urea groups is 1. The first-order valence-electron chi connectivity index (χ1n) is 13.3. The maximum absolute atomic E-state index is 13.3. The fraction of sp³-hybridized carbons (Fsp3) is 0.571. The molecule has 0 fully saturated rings. The van der Waals surface area contributed by atoms with E-state index >= 15 is 0 Å². The number of aromatic nitrogens is 2. The predicted molar refractivity (Wildman–Crippen MR) is 154 cm³/mol. The minimum atomic E-state index is -2.08. The van der Waals surface area contributed by atoms with Crippen LogP contribution in [0.15, 0.2) is 18.3 Å². The second-order valence-corrected chi connectivity index (χ2v) is 16.1.